The summed E-state index contributed by atoms with van der Waals surface area (Å²) in [5.74, 6) is 0. The number of nitrogens with zero attached hydrogens (tertiary/aromatic N) is 5. The van der Waals surface area contributed by atoms with Crippen LogP contribution in [0.2, 0.25) is 0 Å². The number of rotatable bonds is 5. The zero-order valence-electron chi connectivity index (χ0n) is 12.0. The van der Waals surface area contributed by atoms with E-state index in [4.69, 9.17) is 0 Å². The summed E-state index contributed by atoms with van der Waals surface area (Å²) >= 11 is 0. The summed E-state index contributed by atoms with van der Waals surface area (Å²) in [5.41, 5.74) is -1.80. The van der Waals surface area contributed by atoms with Crippen molar-refractivity contribution in [1.82, 2.24) is 10.3 Å². The van der Waals surface area contributed by atoms with E-state index < -0.39 is 26.1 Å². The Morgan fingerprint density at radius 3 is 2.00 bits per heavy atom. The van der Waals surface area contributed by atoms with Gasteiger partial charge in [-0.1, -0.05) is 0 Å². The second-order valence-electron chi connectivity index (χ2n) is 4.69. The van der Waals surface area contributed by atoms with Gasteiger partial charge in [-0.2, -0.15) is 0 Å². The van der Waals surface area contributed by atoms with Gasteiger partial charge in [-0.3, -0.25) is 30.3 Å². The largest absolute Gasteiger partial charge is 0.348 e. The van der Waals surface area contributed by atoms with E-state index in [1.165, 1.54) is 24.3 Å². The van der Waals surface area contributed by atoms with Crippen molar-refractivity contribution in [2.45, 2.75) is 0 Å². The van der Waals surface area contributed by atoms with E-state index in [0.717, 1.165) is 6.07 Å². The number of hydrogen-bond acceptors (Lipinski definition) is 10. The SMILES string of the molecule is O=[N+]([O-])c1ccc(Nc2c([N+](=O)[O-])cc([N+](=O)[O-])c3nonc23)cc1. The first-order valence-corrected chi connectivity index (χ1v) is 6.48. The molecule has 13 nitrogen and oxygen atoms in total. The van der Waals surface area contributed by atoms with Crippen LogP contribution in [0, 0.1) is 30.3 Å². The Kier molecular flexibility index (Phi) is 3.65. The number of nitrogens with one attached hydrogen (secondary N) is 1. The van der Waals surface area contributed by atoms with Gasteiger partial charge in [0.15, 0.2) is 5.52 Å². The molecule has 3 rings (SSSR count). The van der Waals surface area contributed by atoms with Crippen molar-refractivity contribution in [3.05, 3.63) is 60.7 Å². The molecule has 0 unspecified atom stereocenters. The van der Waals surface area contributed by atoms with Crippen molar-refractivity contribution in [1.29, 1.82) is 0 Å². The normalized spacial score (nSPS) is 10.6. The maximum Gasteiger partial charge on any atom is 0.307 e. The molecule has 1 N–H and O–H groups in total. The zero-order valence-corrected chi connectivity index (χ0v) is 12.0. The molecule has 0 amide bonds. The summed E-state index contributed by atoms with van der Waals surface area (Å²) in [4.78, 5) is 30.7. The molecule has 2 aromatic carbocycles. The summed E-state index contributed by atoms with van der Waals surface area (Å²) in [6.07, 6.45) is 0. The van der Waals surface area contributed by atoms with E-state index in [0.29, 0.717) is 0 Å². The van der Waals surface area contributed by atoms with E-state index in [1.807, 2.05) is 0 Å². The molecule has 3 aromatic rings. The highest BCUT2D eigenvalue weighted by atomic mass is 16.6. The van der Waals surface area contributed by atoms with Gasteiger partial charge in [0, 0.05) is 17.8 Å². The van der Waals surface area contributed by atoms with Gasteiger partial charge >= 0.3 is 11.4 Å². The van der Waals surface area contributed by atoms with Gasteiger partial charge in [0.2, 0.25) is 5.52 Å². The smallest absolute Gasteiger partial charge is 0.307 e. The van der Waals surface area contributed by atoms with Crippen molar-refractivity contribution in [3.63, 3.8) is 0 Å². The number of non-ortho nitro benzene ring substituents is 2. The summed E-state index contributed by atoms with van der Waals surface area (Å²) in [7, 11) is 0. The molecule has 0 aliphatic rings. The minimum atomic E-state index is -0.838. The lowest BCUT2D eigenvalue weighted by molar-refractivity contribution is -0.392. The maximum atomic E-state index is 11.3. The number of anilines is 2. The molecule has 0 aliphatic heterocycles. The summed E-state index contributed by atoms with van der Waals surface area (Å²) in [6.45, 7) is 0. The van der Waals surface area contributed by atoms with Gasteiger partial charge in [-0.05, 0) is 22.4 Å². The van der Waals surface area contributed by atoms with Crippen LogP contribution in [0.25, 0.3) is 11.0 Å². The van der Waals surface area contributed by atoms with E-state index in [1.54, 1.807) is 0 Å². The van der Waals surface area contributed by atoms with Crippen LogP contribution in [-0.4, -0.2) is 25.1 Å². The predicted molar refractivity (Wildman–Crippen MR) is 81.5 cm³/mol. The first-order valence-electron chi connectivity index (χ1n) is 6.48. The lowest BCUT2D eigenvalue weighted by Gasteiger charge is -2.07. The molecule has 0 saturated carbocycles. The van der Waals surface area contributed by atoms with Gasteiger partial charge in [0.25, 0.3) is 5.69 Å². The number of fused-ring (bicyclic) bond motifs is 1. The first-order chi connectivity index (χ1) is 11.9. The van der Waals surface area contributed by atoms with Crippen LogP contribution in [0.4, 0.5) is 28.4 Å². The van der Waals surface area contributed by atoms with E-state index in [2.05, 4.69) is 20.3 Å². The standard InChI is InChI=1S/C12H6N6O7/c19-16(20)7-3-1-6(2-4-7)13-10-8(17(21)22)5-9(18(23)24)11-12(10)15-25-14-11/h1-5,13H. The number of benzene rings is 2. The molecule has 0 bridgehead atoms. The van der Waals surface area contributed by atoms with Crippen LogP contribution >= 0.6 is 0 Å². The van der Waals surface area contributed by atoms with Crippen LogP contribution in [0.1, 0.15) is 0 Å². The number of hydrogen-bond donors (Lipinski definition) is 1. The highest BCUT2D eigenvalue weighted by Crippen LogP contribution is 2.39. The maximum absolute atomic E-state index is 11.3. The molecule has 1 aromatic heterocycles. The Morgan fingerprint density at radius 1 is 0.840 bits per heavy atom. The number of aromatic nitrogens is 2. The summed E-state index contributed by atoms with van der Waals surface area (Å²) in [6, 6.07) is 5.76. The number of nitro benzene ring substituents is 3. The summed E-state index contributed by atoms with van der Waals surface area (Å²) in [5, 5.41) is 42.5. The Morgan fingerprint density at radius 2 is 1.44 bits per heavy atom. The fourth-order valence-corrected chi connectivity index (χ4v) is 2.13. The van der Waals surface area contributed by atoms with Crippen molar-refractivity contribution < 1.29 is 19.4 Å². The molecule has 0 fully saturated rings. The minimum Gasteiger partial charge on any atom is -0.348 e. The number of nitro groups is 3. The lowest BCUT2D eigenvalue weighted by Crippen LogP contribution is -2.01. The molecule has 126 valence electrons. The second-order valence-corrected chi connectivity index (χ2v) is 4.69. The van der Waals surface area contributed by atoms with Crippen LogP contribution in [0.15, 0.2) is 35.0 Å². The monoisotopic (exact) mass is 346 g/mol. The van der Waals surface area contributed by atoms with Gasteiger partial charge < -0.3 is 5.32 Å². The third-order valence-corrected chi connectivity index (χ3v) is 3.24. The van der Waals surface area contributed by atoms with E-state index in [9.17, 15) is 30.3 Å². The fraction of sp³-hybridized carbons (Fsp3) is 0. The second kappa shape index (κ2) is 5.80. The van der Waals surface area contributed by atoms with Crippen LogP contribution in [-0.2, 0) is 0 Å². The van der Waals surface area contributed by atoms with Gasteiger partial charge in [-0.25, -0.2) is 4.63 Å². The molecular weight excluding hydrogens is 340 g/mol. The Bertz CT molecular complexity index is 1010. The molecule has 0 radical (unpaired) electrons. The average molecular weight is 346 g/mol. The molecule has 0 saturated heterocycles. The third kappa shape index (κ3) is 2.76. The molecule has 1 heterocycles. The average Bonchev–Trinajstić information content (AvgIpc) is 3.04. The first kappa shape index (κ1) is 15.7. The van der Waals surface area contributed by atoms with E-state index >= 15 is 0 Å². The molecule has 0 spiro atoms. The topological polar surface area (TPSA) is 180 Å². The Balaban J connectivity index is 2.14. The van der Waals surface area contributed by atoms with Crippen LogP contribution in [0.5, 0.6) is 0 Å². The highest BCUT2D eigenvalue weighted by molar-refractivity contribution is 6.00. The van der Waals surface area contributed by atoms with Crippen molar-refractivity contribution in [3.8, 4) is 0 Å². The highest BCUT2D eigenvalue weighted by Gasteiger charge is 2.29. The fourth-order valence-electron chi connectivity index (χ4n) is 2.13. The van der Waals surface area contributed by atoms with Crippen molar-refractivity contribution >= 4 is 39.5 Å². The Hall–Kier alpha value is -4.16. The molecule has 25 heavy (non-hydrogen) atoms. The molecule has 13 heteroatoms. The predicted octanol–water partition coefficient (Wildman–Crippen LogP) is 2.69. The minimum absolute atomic E-state index is 0.169. The quantitative estimate of drug-likeness (QED) is 0.532. The van der Waals surface area contributed by atoms with Crippen molar-refractivity contribution in [2.24, 2.45) is 0 Å². The lowest BCUT2D eigenvalue weighted by atomic mass is 10.2. The molecule has 0 aliphatic carbocycles. The van der Waals surface area contributed by atoms with Crippen LogP contribution < -0.4 is 5.32 Å². The van der Waals surface area contributed by atoms with Gasteiger partial charge in [-0.15, -0.1) is 0 Å². The third-order valence-electron chi connectivity index (χ3n) is 3.24. The summed E-state index contributed by atoms with van der Waals surface area (Å²) < 4.78 is 4.46. The van der Waals surface area contributed by atoms with Crippen LogP contribution in [0.3, 0.4) is 0 Å². The zero-order chi connectivity index (χ0) is 18.1. The molecule has 0 atom stereocenters. The van der Waals surface area contributed by atoms with Crippen molar-refractivity contribution in [2.75, 3.05) is 5.32 Å². The Labute approximate surface area is 136 Å². The van der Waals surface area contributed by atoms with E-state index in [-0.39, 0.29) is 28.1 Å². The van der Waals surface area contributed by atoms with Gasteiger partial charge in [0.1, 0.15) is 5.69 Å². The van der Waals surface area contributed by atoms with Gasteiger partial charge in [0.05, 0.1) is 20.8 Å². The molecular formula is C12H6N6O7.